The van der Waals surface area contributed by atoms with E-state index in [4.69, 9.17) is 0 Å². The lowest BCUT2D eigenvalue weighted by atomic mass is 10.0. The van der Waals surface area contributed by atoms with Crippen molar-refractivity contribution in [1.29, 1.82) is 0 Å². The number of carbonyl (C=O) groups is 1. The lowest BCUT2D eigenvalue weighted by Crippen LogP contribution is -2.50. The minimum absolute atomic E-state index is 0.283. The van der Waals surface area contributed by atoms with E-state index in [0.717, 1.165) is 32.1 Å². The Morgan fingerprint density at radius 3 is 2.58 bits per heavy atom. The minimum Gasteiger partial charge on any atom is -0.339 e. The van der Waals surface area contributed by atoms with E-state index >= 15 is 0 Å². The van der Waals surface area contributed by atoms with E-state index in [1.165, 1.54) is 32.1 Å². The molecular formula is C15H29N3O. The summed E-state index contributed by atoms with van der Waals surface area (Å²) in [6.07, 6.45) is 6.43. The van der Waals surface area contributed by atoms with Crippen molar-refractivity contribution in [3.8, 4) is 0 Å². The number of nitrogens with one attached hydrogen (secondary N) is 1. The molecule has 1 heterocycles. The van der Waals surface area contributed by atoms with Gasteiger partial charge in [-0.15, -0.1) is 0 Å². The Hall–Kier alpha value is -0.610. The van der Waals surface area contributed by atoms with E-state index in [2.05, 4.69) is 24.2 Å². The van der Waals surface area contributed by atoms with Crippen LogP contribution in [0, 0.1) is 5.92 Å². The summed E-state index contributed by atoms with van der Waals surface area (Å²) in [4.78, 5) is 16.4. The molecule has 0 bridgehead atoms. The SMILES string of the molecule is CC1CCCC(NCC(=O)N2CCN(C)CC2)CC1. The first-order valence-corrected chi connectivity index (χ1v) is 7.85. The van der Waals surface area contributed by atoms with Crippen LogP contribution in [0.4, 0.5) is 0 Å². The Kier molecular flexibility index (Phi) is 5.64. The molecule has 0 spiro atoms. The quantitative estimate of drug-likeness (QED) is 0.783. The van der Waals surface area contributed by atoms with Gasteiger partial charge in [-0.05, 0) is 32.2 Å². The van der Waals surface area contributed by atoms with Crippen LogP contribution in [-0.4, -0.2) is 61.5 Å². The molecule has 1 N–H and O–H groups in total. The Balaban J connectivity index is 1.68. The van der Waals surface area contributed by atoms with Crippen LogP contribution < -0.4 is 5.32 Å². The average molecular weight is 267 g/mol. The van der Waals surface area contributed by atoms with Gasteiger partial charge in [0.15, 0.2) is 0 Å². The van der Waals surface area contributed by atoms with Crippen LogP contribution in [0.3, 0.4) is 0 Å². The lowest BCUT2D eigenvalue weighted by Gasteiger charge is -2.32. The third-order valence-electron chi connectivity index (χ3n) is 4.66. The lowest BCUT2D eigenvalue weighted by molar-refractivity contribution is -0.131. The van der Waals surface area contributed by atoms with Crippen LogP contribution in [0.2, 0.25) is 0 Å². The van der Waals surface area contributed by atoms with Gasteiger partial charge in [0.1, 0.15) is 0 Å². The Morgan fingerprint density at radius 2 is 1.84 bits per heavy atom. The molecule has 1 aliphatic heterocycles. The molecule has 2 fully saturated rings. The number of nitrogens with zero attached hydrogens (tertiary/aromatic N) is 2. The molecule has 19 heavy (non-hydrogen) atoms. The number of amides is 1. The van der Waals surface area contributed by atoms with Gasteiger partial charge in [-0.1, -0.05) is 19.8 Å². The monoisotopic (exact) mass is 267 g/mol. The molecular weight excluding hydrogens is 238 g/mol. The Morgan fingerprint density at radius 1 is 1.11 bits per heavy atom. The summed E-state index contributed by atoms with van der Waals surface area (Å²) in [6, 6.07) is 0.557. The fourth-order valence-electron chi connectivity index (χ4n) is 3.09. The van der Waals surface area contributed by atoms with E-state index in [9.17, 15) is 4.79 Å². The van der Waals surface area contributed by atoms with Crippen LogP contribution in [0.25, 0.3) is 0 Å². The van der Waals surface area contributed by atoms with Crippen molar-refractivity contribution >= 4 is 5.91 Å². The summed E-state index contributed by atoms with van der Waals surface area (Å²) in [5, 5.41) is 3.49. The number of hydrogen-bond donors (Lipinski definition) is 1. The molecule has 2 unspecified atom stereocenters. The number of likely N-dealkylation sites (N-methyl/N-ethyl adjacent to an activating group) is 1. The third-order valence-corrected chi connectivity index (χ3v) is 4.66. The van der Waals surface area contributed by atoms with Gasteiger partial charge >= 0.3 is 0 Å². The molecule has 0 aromatic heterocycles. The van der Waals surface area contributed by atoms with Crippen molar-refractivity contribution in [3.63, 3.8) is 0 Å². The number of carbonyl (C=O) groups excluding carboxylic acids is 1. The van der Waals surface area contributed by atoms with Crippen LogP contribution in [0.1, 0.15) is 39.0 Å². The zero-order valence-electron chi connectivity index (χ0n) is 12.5. The smallest absolute Gasteiger partial charge is 0.236 e. The van der Waals surface area contributed by atoms with E-state index < -0.39 is 0 Å². The van der Waals surface area contributed by atoms with Crippen molar-refractivity contribution < 1.29 is 4.79 Å². The summed E-state index contributed by atoms with van der Waals surface area (Å²) < 4.78 is 0. The standard InChI is InChI=1S/C15H29N3O/c1-13-4-3-5-14(7-6-13)16-12-15(19)18-10-8-17(2)9-11-18/h13-14,16H,3-12H2,1-2H3. The van der Waals surface area contributed by atoms with E-state index in [0.29, 0.717) is 12.6 Å². The maximum absolute atomic E-state index is 12.1. The van der Waals surface area contributed by atoms with Crippen molar-refractivity contribution in [2.45, 2.75) is 45.1 Å². The molecule has 0 radical (unpaired) electrons. The summed E-state index contributed by atoms with van der Waals surface area (Å²) in [5.74, 6) is 1.14. The molecule has 1 aliphatic carbocycles. The maximum Gasteiger partial charge on any atom is 0.236 e. The van der Waals surface area contributed by atoms with Gasteiger partial charge in [0.05, 0.1) is 6.54 Å². The van der Waals surface area contributed by atoms with Crippen LogP contribution >= 0.6 is 0 Å². The van der Waals surface area contributed by atoms with Gasteiger partial charge in [0.25, 0.3) is 0 Å². The molecule has 1 saturated carbocycles. The van der Waals surface area contributed by atoms with Gasteiger partial charge in [-0.3, -0.25) is 4.79 Å². The summed E-state index contributed by atoms with van der Waals surface area (Å²) in [6.45, 7) is 6.66. The summed E-state index contributed by atoms with van der Waals surface area (Å²) >= 11 is 0. The Labute approximate surface area is 117 Å². The number of hydrogen-bond acceptors (Lipinski definition) is 3. The fraction of sp³-hybridized carbons (Fsp3) is 0.933. The van der Waals surface area contributed by atoms with Crippen molar-refractivity contribution in [3.05, 3.63) is 0 Å². The first kappa shape index (κ1) is 14.8. The minimum atomic E-state index is 0.283. The zero-order chi connectivity index (χ0) is 13.7. The predicted molar refractivity (Wildman–Crippen MR) is 78.1 cm³/mol. The van der Waals surface area contributed by atoms with Gasteiger partial charge in [-0.2, -0.15) is 0 Å². The molecule has 2 atom stereocenters. The summed E-state index contributed by atoms with van der Waals surface area (Å²) in [5.41, 5.74) is 0. The number of rotatable bonds is 3. The first-order chi connectivity index (χ1) is 9.15. The molecule has 1 saturated heterocycles. The predicted octanol–water partition coefficient (Wildman–Crippen LogP) is 1.32. The second-order valence-electron chi connectivity index (χ2n) is 6.38. The number of piperazine rings is 1. The molecule has 4 heteroatoms. The second kappa shape index (κ2) is 7.25. The van der Waals surface area contributed by atoms with Crippen LogP contribution in [-0.2, 0) is 4.79 Å². The van der Waals surface area contributed by atoms with Gasteiger partial charge in [0, 0.05) is 32.2 Å². The summed E-state index contributed by atoms with van der Waals surface area (Å²) in [7, 11) is 2.12. The normalized spacial score (nSPS) is 30.1. The average Bonchev–Trinajstić information content (AvgIpc) is 2.61. The van der Waals surface area contributed by atoms with E-state index in [-0.39, 0.29) is 5.91 Å². The molecule has 0 aromatic carbocycles. The third kappa shape index (κ3) is 4.77. The van der Waals surface area contributed by atoms with Crippen molar-refractivity contribution in [2.24, 2.45) is 5.92 Å². The van der Waals surface area contributed by atoms with Gasteiger partial charge in [0.2, 0.25) is 5.91 Å². The van der Waals surface area contributed by atoms with Crippen molar-refractivity contribution in [2.75, 3.05) is 39.8 Å². The van der Waals surface area contributed by atoms with Gasteiger partial charge in [-0.25, -0.2) is 0 Å². The second-order valence-corrected chi connectivity index (χ2v) is 6.38. The molecule has 110 valence electrons. The highest BCUT2D eigenvalue weighted by atomic mass is 16.2. The molecule has 1 amide bonds. The van der Waals surface area contributed by atoms with Crippen LogP contribution in [0.15, 0.2) is 0 Å². The molecule has 2 aliphatic rings. The fourth-order valence-corrected chi connectivity index (χ4v) is 3.09. The maximum atomic E-state index is 12.1. The zero-order valence-corrected chi connectivity index (χ0v) is 12.5. The van der Waals surface area contributed by atoms with E-state index in [1.54, 1.807) is 0 Å². The molecule has 2 rings (SSSR count). The topological polar surface area (TPSA) is 35.6 Å². The van der Waals surface area contributed by atoms with E-state index in [1.807, 2.05) is 4.90 Å². The van der Waals surface area contributed by atoms with Crippen molar-refractivity contribution in [1.82, 2.24) is 15.1 Å². The van der Waals surface area contributed by atoms with Crippen LogP contribution in [0.5, 0.6) is 0 Å². The largest absolute Gasteiger partial charge is 0.339 e. The highest BCUT2D eigenvalue weighted by Gasteiger charge is 2.21. The first-order valence-electron chi connectivity index (χ1n) is 7.85. The molecule has 4 nitrogen and oxygen atoms in total. The highest BCUT2D eigenvalue weighted by Crippen LogP contribution is 2.22. The Bertz CT molecular complexity index is 287. The molecule has 0 aromatic rings. The van der Waals surface area contributed by atoms with Gasteiger partial charge < -0.3 is 15.1 Å². The highest BCUT2D eigenvalue weighted by molar-refractivity contribution is 5.78.